The van der Waals surface area contributed by atoms with Crippen LogP contribution in [0.15, 0.2) is 46.5 Å². The second-order valence-corrected chi connectivity index (χ2v) is 7.84. The van der Waals surface area contributed by atoms with E-state index >= 15 is 0 Å². The molecule has 0 unspecified atom stereocenters. The number of benzene rings is 1. The number of carboxylic acids is 1. The van der Waals surface area contributed by atoms with E-state index < -0.39 is 18.1 Å². The predicted molar refractivity (Wildman–Crippen MR) is 118 cm³/mol. The van der Waals surface area contributed by atoms with E-state index in [-0.39, 0.29) is 36.6 Å². The molecule has 0 saturated heterocycles. The quantitative estimate of drug-likeness (QED) is 0.513. The van der Waals surface area contributed by atoms with Crippen molar-refractivity contribution in [2.75, 3.05) is 0 Å². The molecule has 1 aromatic carbocycles. The van der Waals surface area contributed by atoms with Gasteiger partial charge in [-0.2, -0.15) is 4.98 Å². The van der Waals surface area contributed by atoms with Gasteiger partial charge in [-0.3, -0.25) is 4.79 Å². The first-order valence-electron chi connectivity index (χ1n) is 10.9. The monoisotopic (exact) mass is 442 g/mol. The number of carboxylic acid groups (broad SMARTS) is 1. The van der Waals surface area contributed by atoms with Crippen molar-refractivity contribution in [2.45, 2.75) is 70.9 Å². The standard InChI is InChI=1S/C23H30N4O5/c1-4-17(5-2)31-19-12-16(23(29)30)11-18(21(19)25-14(3)28)24-13-20-26-22(32-27-20)15-9-7-6-8-10-15/h6-10,12,17-19,21,24H,4-5,11,13H2,1-3H3,(H,25,28)(H,29,30)/t18-,19+,21+/m0/s1. The number of nitrogens with one attached hydrogen (secondary N) is 2. The molecule has 0 radical (unpaired) electrons. The molecular weight excluding hydrogens is 412 g/mol. The summed E-state index contributed by atoms with van der Waals surface area (Å²) in [6, 6.07) is 8.62. The van der Waals surface area contributed by atoms with Crippen LogP contribution >= 0.6 is 0 Å². The molecule has 0 spiro atoms. The average molecular weight is 443 g/mol. The number of aliphatic carboxylic acids is 1. The lowest BCUT2D eigenvalue weighted by Crippen LogP contribution is -2.58. The van der Waals surface area contributed by atoms with Crippen LogP contribution in [0.4, 0.5) is 0 Å². The summed E-state index contributed by atoms with van der Waals surface area (Å²) < 4.78 is 11.5. The highest BCUT2D eigenvalue weighted by molar-refractivity contribution is 5.87. The van der Waals surface area contributed by atoms with Gasteiger partial charge in [0.2, 0.25) is 5.91 Å². The lowest BCUT2D eigenvalue weighted by Gasteiger charge is -2.38. The normalized spacial score (nSPS) is 20.8. The minimum atomic E-state index is -0.998. The van der Waals surface area contributed by atoms with Gasteiger partial charge in [0, 0.05) is 24.1 Å². The summed E-state index contributed by atoms with van der Waals surface area (Å²) in [5.74, 6) is -0.361. The number of carbonyl (C=O) groups is 2. The van der Waals surface area contributed by atoms with Gasteiger partial charge in [-0.25, -0.2) is 4.79 Å². The minimum absolute atomic E-state index is 0.0352. The summed E-state index contributed by atoms with van der Waals surface area (Å²) >= 11 is 0. The largest absolute Gasteiger partial charge is 0.478 e. The van der Waals surface area contributed by atoms with Crippen LogP contribution in [0, 0.1) is 0 Å². The summed E-state index contributed by atoms with van der Waals surface area (Å²) in [5, 5.41) is 19.9. The van der Waals surface area contributed by atoms with Crippen LogP contribution < -0.4 is 10.6 Å². The average Bonchev–Trinajstić information content (AvgIpc) is 3.26. The zero-order valence-electron chi connectivity index (χ0n) is 18.6. The zero-order valence-corrected chi connectivity index (χ0v) is 18.6. The maximum absolute atomic E-state index is 11.9. The van der Waals surface area contributed by atoms with Crippen LogP contribution in [-0.2, 0) is 20.9 Å². The molecule has 9 nitrogen and oxygen atoms in total. The smallest absolute Gasteiger partial charge is 0.331 e. The molecule has 3 atom stereocenters. The number of hydrogen-bond donors (Lipinski definition) is 3. The van der Waals surface area contributed by atoms with Crippen LogP contribution in [-0.4, -0.2) is 51.4 Å². The zero-order chi connectivity index (χ0) is 23.1. The van der Waals surface area contributed by atoms with Crippen LogP contribution in [0.1, 0.15) is 45.9 Å². The van der Waals surface area contributed by atoms with E-state index in [9.17, 15) is 14.7 Å². The van der Waals surface area contributed by atoms with E-state index in [1.54, 1.807) is 6.08 Å². The maximum Gasteiger partial charge on any atom is 0.331 e. The maximum atomic E-state index is 11.9. The summed E-state index contributed by atoms with van der Waals surface area (Å²) in [7, 11) is 0. The first kappa shape index (κ1) is 23.6. The lowest BCUT2D eigenvalue weighted by atomic mass is 9.87. The molecule has 0 aliphatic heterocycles. The number of rotatable bonds is 10. The SMILES string of the molecule is CCC(CC)O[C@@H]1C=C(C(=O)O)C[C@H](NCc2noc(-c3ccccc3)n2)[C@H]1NC(C)=O. The van der Waals surface area contributed by atoms with Gasteiger partial charge in [-0.1, -0.05) is 37.2 Å². The van der Waals surface area contributed by atoms with E-state index in [4.69, 9.17) is 9.26 Å². The highest BCUT2D eigenvalue weighted by Crippen LogP contribution is 2.25. The Kier molecular flexibility index (Phi) is 8.13. The third-order valence-electron chi connectivity index (χ3n) is 5.51. The Hall–Kier alpha value is -3.04. The van der Waals surface area contributed by atoms with E-state index in [0.717, 1.165) is 18.4 Å². The van der Waals surface area contributed by atoms with E-state index in [2.05, 4.69) is 20.8 Å². The van der Waals surface area contributed by atoms with Gasteiger partial charge in [-0.05, 0) is 37.5 Å². The first-order valence-corrected chi connectivity index (χ1v) is 10.9. The van der Waals surface area contributed by atoms with E-state index in [0.29, 0.717) is 11.7 Å². The molecule has 32 heavy (non-hydrogen) atoms. The Morgan fingerprint density at radius 1 is 1.25 bits per heavy atom. The molecule has 1 amide bonds. The number of nitrogens with zero attached hydrogens (tertiary/aromatic N) is 2. The fourth-order valence-corrected chi connectivity index (χ4v) is 3.81. The molecular formula is C23H30N4O5. The van der Waals surface area contributed by atoms with Crippen LogP contribution in [0.25, 0.3) is 11.5 Å². The summed E-state index contributed by atoms with van der Waals surface area (Å²) in [4.78, 5) is 28.1. The molecule has 1 aliphatic rings. The van der Waals surface area contributed by atoms with Crippen molar-refractivity contribution in [1.29, 1.82) is 0 Å². The van der Waals surface area contributed by atoms with Gasteiger partial charge >= 0.3 is 5.97 Å². The highest BCUT2D eigenvalue weighted by Gasteiger charge is 2.37. The fourth-order valence-electron chi connectivity index (χ4n) is 3.81. The molecule has 172 valence electrons. The Morgan fingerprint density at radius 2 is 1.97 bits per heavy atom. The number of amides is 1. The molecule has 1 aliphatic carbocycles. The third-order valence-corrected chi connectivity index (χ3v) is 5.51. The number of hydrogen-bond acceptors (Lipinski definition) is 7. The molecule has 9 heteroatoms. The highest BCUT2D eigenvalue weighted by atomic mass is 16.5. The number of aromatic nitrogens is 2. The predicted octanol–water partition coefficient (Wildman–Crippen LogP) is 2.69. The Balaban J connectivity index is 1.78. The van der Waals surface area contributed by atoms with Crippen molar-refractivity contribution in [3.8, 4) is 11.5 Å². The summed E-state index contributed by atoms with van der Waals surface area (Å²) in [6.45, 7) is 5.72. The second kappa shape index (κ2) is 11.0. The molecule has 0 bridgehead atoms. The first-order chi connectivity index (χ1) is 15.4. The minimum Gasteiger partial charge on any atom is -0.478 e. The van der Waals surface area contributed by atoms with Crippen molar-refractivity contribution in [1.82, 2.24) is 20.8 Å². The van der Waals surface area contributed by atoms with E-state index in [1.807, 2.05) is 44.2 Å². The van der Waals surface area contributed by atoms with Crippen molar-refractivity contribution >= 4 is 11.9 Å². The van der Waals surface area contributed by atoms with Gasteiger partial charge in [0.25, 0.3) is 5.89 Å². The number of carbonyl (C=O) groups excluding carboxylic acids is 1. The number of ether oxygens (including phenoxy) is 1. The summed E-state index contributed by atoms with van der Waals surface area (Å²) in [6.07, 6.45) is 2.82. The Morgan fingerprint density at radius 3 is 2.59 bits per heavy atom. The van der Waals surface area contributed by atoms with Gasteiger partial charge in [0.15, 0.2) is 5.82 Å². The van der Waals surface area contributed by atoms with Crippen LogP contribution in [0.5, 0.6) is 0 Å². The topological polar surface area (TPSA) is 127 Å². The Labute approximate surface area is 187 Å². The molecule has 3 rings (SSSR count). The van der Waals surface area contributed by atoms with E-state index in [1.165, 1.54) is 6.92 Å². The molecule has 1 aromatic heterocycles. The van der Waals surface area contributed by atoms with Crippen LogP contribution in [0.3, 0.4) is 0 Å². The van der Waals surface area contributed by atoms with Gasteiger partial charge in [0.05, 0.1) is 24.8 Å². The lowest BCUT2D eigenvalue weighted by molar-refractivity contribution is -0.133. The van der Waals surface area contributed by atoms with Crippen LogP contribution in [0.2, 0.25) is 0 Å². The second-order valence-electron chi connectivity index (χ2n) is 7.84. The molecule has 0 saturated carbocycles. The molecule has 2 aromatic rings. The molecule has 1 heterocycles. The van der Waals surface area contributed by atoms with Crippen molar-refractivity contribution in [3.05, 3.63) is 47.8 Å². The molecule has 0 fully saturated rings. The molecule has 3 N–H and O–H groups in total. The van der Waals surface area contributed by atoms with Crippen molar-refractivity contribution < 1.29 is 24.0 Å². The van der Waals surface area contributed by atoms with Crippen molar-refractivity contribution in [2.24, 2.45) is 0 Å². The summed E-state index contributed by atoms with van der Waals surface area (Å²) in [5.41, 5.74) is 1.06. The van der Waals surface area contributed by atoms with Gasteiger partial charge in [0.1, 0.15) is 0 Å². The fraction of sp³-hybridized carbons (Fsp3) is 0.478. The third kappa shape index (κ3) is 6.02. The Bertz CT molecular complexity index is 939. The van der Waals surface area contributed by atoms with Crippen molar-refractivity contribution in [3.63, 3.8) is 0 Å². The van der Waals surface area contributed by atoms with Gasteiger partial charge in [-0.15, -0.1) is 0 Å². The van der Waals surface area contributed by atoms with Gasteiger partial charge < -0.3 is 25.0 Å².